The Morgan fingerprint density at radius 3 is 2.84 bits per heavy atom. The molecule has 0 aliphatic carbocycles. The highest BCUT2D eigenvalue weighted by molar-refractivity contribution is 9.10. The summed E-state index contributed by atoms with van der Waals surface area (Å²) < 4.78 is 11.4. The number of rotatable bonds is 2. The van der Waals surface area contributed by atoms with Gasteiger partial charge in [-0.2, -0.15) is 4.98 Å². The first-order valence-corrected chi connectivity index (χ1v) is 6.76. The molecule has 2 heterocycles. The lowest BCUT2D eigenvalue weighted by Crippen LogP contribution is -2.36. The second-order valence-electron chi connectivity index (χ2n) is 4.20. The van der Waals surface area contributed by atoms with Gasteiger partial charge in [-0.3, -0.25) is 0 Å². The largest absolute Gasteiger partial charge is 0.397 e. The van der Waals surface area contributed by atoms with Crippen LogP contribution >= 0.6 is 15.9 Å². The summed E-state index contributed by atoms with van der Waals surface area (Å²) in [7, 11) is 0. The van der Waals surface area contributed by atoms with Crippen molar-refractivity contribution in [2.45, 2.75) is 0 Å². The molecule has 2 aromatic rings. The molecule has 0 amide bonds. The number of nitrogen functional groups attached to an aromatic ring is 1. The molecule has 0 bridgehead atoms. The molecule has 1 aliphatic heterocycles. The summed E-state index contributed by atoms with van der Waals surface area (Å²) in [6.45, 7) is 2.91. The van der Waals surface area contributed by atoms with Crippen LogP contribution in [-0.2, 0) is 4.74 Å². The van der Waals surface area contributed by atoms with E-state index in [4.69, 9.17) is 15.0 Å². The van der Waals surface area contributed by atoms with E-state index in [1.165, 1.54) is 0 Å². The van der Waals surface area contributed by atoms with Gasteiger partial charge >= 0.3 is 0 Å². The van der Waals surface area contributed by atoms with Gasteiger partial charge in [0, 0.05) is 17.6 Å². The number of nitrogens with two attached hydrogens (primary N) is 1. The molecule has 0 radical (unpaired) electrons. The molecular formula is C12H13BrN4O2. The maximum absolute atomic E-state index is 5.99. The zero-order valence-corrected chi connectivity index (χ0v) is 11.8. The summed E-state index contributed by atoms with van der Waals surface area (Å²) in [6, 6.07) is 5.61. The van der Waals surface area contributed by atoms with E-state index in [1.54, 1.807) is 0 Å². The molecule has 2 N–H and O–H groups in total. The molecule has 1 fully saturated rings. The lowest BCUT2D eigenvalue weighted by atomic mass is 10.2. The van der Waals surface area contributed by atoms with Crippen LogP contribution in [0.1, 0.15) is 0 Å². The molecule has 7 heteroatoms. The number of anilines is 2. The minimum atomic E-state index is 0.431. The number of hydrogen-bond acceptors (Lipinski definition) is 6. The number of para-hydroxylation sites is 1. The molecule has 3 rings (SSSR count). The first kappa shape index (κ1) is 12.4. The lowest BCUT2D eigenvalue weighted by molar-refractivity contribution is 0.121. The highest BCUT2D eigenvalue weighted by Crippen LogP contribution is 2.31. The van der Waals surface area contributed by atoms with Crippen molar-refractivity contribution in [3.05, 3.63) is 22.7 Å². The Morgan fingerprint density at radius 2 is 2.05 bits per heavy atom. The van der Waals surface area contributed by atoms with Gasteiger partial charge in [-0.1, -0.05) is 6.07 Å². The molecular weight excluding hydrogens is 312 g/mol. The second kappa shape index (κ2) is 5.18. The topological polar surface area (TPSA) is 77.4 Å². The fraction of sp³-hybridized carbons (Fsp3) is 0.333. The maximum atomic E-state index is 5.99. The summed E-state index contributed by atoms with van der Waals surface area (Å²) in [5.74, 6) is 1.01. The van der Waals surface area contributed by atoms with Crippen LogP contribution in [0.5, 0.6) is 0 Å². The van der Waals surface area contributed by atoms with Gasteiger partial charge in [0.15, 0.2) is 0 Å². The van der Waals surface area contributed by atoms with Crippen molar-refractivity contribution in [3.63, 3.8) is 0 Å². The summed E-state index contributed by atoms with van der Waals surface area (Å²) in [5, 5.41) is 4.00. The van der Waals surface area contributed by atoms with Crippen molar-refractivity contribution >= 4 is 27.6 Å². The van der Waals surface area contributed by atoms with Crippen LogP contribution in [0.4, 0.5) is 11.6 Å². The molecule has 19 heavy (non-hydrogen) atoms. The van der Waals surface area contributed by atoms with Gasteiger partial charge in [-0.05, 0) is 33.2 Å². The third kappa shape index (κ3) is 2.43. The smallest absolute Gasteiger partial charge is 0.266 e. The number of morpholine rings is 1. The summed E-state index contributed by atoms with van der Waals surface area (Å²) >= 11 is 3.38. The van der Waals surface area contributed by atoms with Gasteiger partial charge in [-0.15, -0.1) is 0 Å². The zero-order chi connectivity index (χ0) is 13.2. The number of aromatic nitrogens is 2. The predicted molar refractivity (Wildman–Crippen MR) is 74.9 cm³/mol. The molecule has 1 aromatic carbocycles. The molecule has 0 saturated carbocycles. The average Bonchev–Trinajstić information content (AvgIpc) is 2.92. The van der Waals surface area contributed by atoms with Gasteiger partial charge in [0.2, 0.25) is 0 Å². The number of halogens is 1. The Bertz CT molecular complexity index is 581. The van der Waals surface area contributed by atoms with Crippen molar-refractivity contribution in [2.24, 2.45) is 0 Å². The van der Waals surface area contributed by atoms with Crippen LogP contribution in [0, 0.1) is 0 Å². The van der Waals surface area contributed by atoms with E-state index in [0.29, 0.717) is 30.7 Å². The molecule has 0 unspecified atom stereocenters. The number of benzene rings is 1. The molecule has 1 aromatic heterocycles. The second-order valence-corrected chi connectivity index (χ2v) is 5.05. The van der Waals surface area contributed by atoms with Crippen molar-refractivity contribution in [3.8, 4) is 11.5 Å². The lowest BCUT2D eigenvalue weighted by Gasteiger charge is -2.24. The summed E-state index contributed by atoms with van der Waals surface area (Å²) in [4.78, 5) is 6.43. The Hall–Kier alpha value is -1.60. The van der Waals surface area contributed by atoms with E-state index in [-0.39, 0.29) is 0 Å². The Kier molecular flexibility index (Phi) is 3.39. The highest BCUT2D eigenvalue weighted by Gasteiger charge is 2.19. The van der Waals surface area contributed by atoms with Crippen LogP contribution < -0.4 is 10.6 Å². The van der Waals surface area contributed by atoms with Gasteiger partial charge in [0.05, 0.1) is 24.5 Å². The van der Waals surface area contributed by atoms with Gasteiger partial charge in [-0.25, -0.2) is 0 Å². The van der Waals surface area contributed by atoms with Crippen molar-refractivity contribution in [2.75, 3.05) is 36.9 Å². The molecule has 0 spiro atoms. The van der Waals surface area contributed by atoms with E-state index < -0.39 is 0 Å². The molecule has 0 atom stereocenters. The average molecular weight is 325 g/mol. The van der Waals surface area contributed by atoms with Crippen LogP contribution in [0.25, 0.3) is 11.5 Å². The first-order chi connectivity index (χ1) is 9.25. The Labute approximate surface area is 118 Å². The van der Waals surface area contributed by atoms with Gasteiger partial charge in [0.1, 0.15) is 0 Å². The Morgan fingerprint density at radius 1 is 1.26 bits per heavy atom. The number of ether oxygens (including phenoxy) is 1. The molecule has 1 saturated heterocycles. The van der Waals surface area contributed by atoms with Crippen molar-refractivity contribution in [1.82, 2.24) is 10.1 Å². The molecule has 100 valence electrons. The van der Waals surface area contributed by atoms with Crippen molar-refractivity contribution < 1.29 is 9.26 Å². The fourth-order valence-corrected chi connectivity index (χ4v) is 2.31. The molecule has 6 nitrogen and oxygen atoms in total. The third-order valence-corrected chi connectivity index (χ3v) is 3.68. The van der Waals surface area contributed by atoms with Crippen LogP contribution in [0.3, 0.4) is 0 Å². The zero-order valence-electron chi connectivity index (χ0n) is 10.2. The normalized spacial score (nSPS) is 15.7. The predicted octanol–water partition coefficient (Wildman–Crippen LogP) is 1.92. The van der Waals surface area contributed by atoms with E-state index in [0.717, 1.165) is 23.1 Å². The summed E-state index contributed by atoms with van der Waals surface area (Å²) in [5.41, 5.74) is 7.33. The van der Waals surface area contributed by atoms with E-state index >= 15 is 0 Å². The minimum Gasteiger partial charge on any atom is -0.397 e. The summed E-state index contributed by atoms with van der Waals surface area (Å²) in [6.07, 6.45) is 0. The number of nitrogens with zero attached hydrogens (tertiary/aromatic N) is 3. The van der Waals surface area contributed by atoms with Gasteiger partial charge < -0.3 is 19.9 Å². The SMILES string of the molecule is Nc1c(Br)cccc1-c1nc(N2CCOCC2)no1. The highest BCUT2D eigenvalue weighted by atomic mass is 79.9. The fourth-order valence-electron chi connectivity index (χ4n) is 1.94. The molecule has 1 aliphatic rings. The standard InChI is InChI=1S/C12H13BrN4O2/c13-9-3-1-2-8(10(9)14)11-15-12(16-19-11)17-4-6-18-7-5-17/h1-3H,4-7,14H2. The first-order valence-electron chi connectivity index (χ1n) is 5.96. The van der Waals surface area contributed by atoms with Crippen LogP contribution in [0.15, 0.2) is 27.2 Å². The van der Waals surface area contributed by atoms with E-state index in [2.05, 4.69) is 26.1 Å². The van der Waals surface area contributed by atoms with Crippen LogP contribution in [-0.4, -0.2) is 36.4 Å². The minimum absolute atomic E-state index is 0.431. The number of hydrogen-bond donors (Lipinski definition) is 1. The quantitative estimate of drug-likeness (QED) is 0.850. The third-order valence-electron chi connectivity index (χ3n) is 2.99. The van der Waals surface area contributed by atoms with Crippen LogP contribution in [0.2, 0.25) is 0 Å². The van der Waals surface area contributed by atoms with Gasteiger partial charge in [0.25, 0.3) is 11.8 Å². The van der Waals surface area contributed by atoms with E-state index in [1.807, 2.05) is 23.1 Å². The maximum Gasteiger partial charge on any atom is 0.266 e. The monoisotopic (exact) mass is 324 g/mol. The van der Waals surface area contributed by atoms with Crippen molar-refractivity contribution in [1.29, 1.82) is 0 Å². The Balaban J connectivity index is 1.90. The van der Waals surface area contributed by atoms with E-state index in [9.17, 15) is 0 Å².